The number of hydrogen-bond donors (Lipinski definition) is 0. The van der Waals surface area contributed by atoms with Crippen LogP contribution in [0.2, 0.25) is 0 Å². The van der Waals surface area contributed by atoms with Gasteiger partial charge >= 0.3 is 20.1 Å². The number of para-hydroxylation sites is 3. The van der Waals surface area contributed by atoms with Gasteiger partial charge in [0.15, 0.2) is 0 Å². The third-order valence-electron chi connectivity index (χ3n) is 7.66. The standard InChI is InChI=1S/C27H16N3.C11H8N.Ir/c1-2-7-19(8-3-1)28-15-16-29(18-28)20-13-14-22-24-11-6-10-23-21-9-4-5-12-25(21)30(27(23)24)26(22)17-20;1-2-6-10(7-3-1)11-8-4-5-9-12-11;/h1-12,14-17H;1-6,8-9H;/q2*-1;+3. The van der Waals surface area contributed by atoms with E-state index in [9.17, 15) is 0 Å². The van der Waals surface area contributed by atoms with Crippen molar-refractivity contribution in [2.75, 3.05) is 0 Å². The Morgan fingerprint density at radius 1 is 0.651 bits per heavy atom. The van der Waals surface area contributed by atoms with Crippen LogP contribution in [-0.2, 0) is 20.1 Å². The Morgan fingerprint density at radius 2 is 1.42 bits per heavy atom. The van der Waals surface area contributed by atoms with Crippen molar-refractivity contribution in [2.45, 2.75) is 0 Å². The molecule has 4 nitrogen and oxygen atoms in total. The predicted octanol–water partition coefficient (Wildman–Crippen LogP) is 8.05. The summed E-state index contributed by atoms with van der Waals surface area (Å²) >= 11 is 0. The van der Waals surface area contributed by atoms with Gasteiger partial charge in [0, 0.05) is 34.9 Å². The van der Waals surface area contributed by atoms with Gasteiger partial charge in [-0.05, 0) is 41.0 Å². The first-order chi connectivity index (χ1) is 20.8. The van der Waals surface area contributed by atoms with E-state index in [-0.39, 0.29) is 20.1 Å². The van der Waals surface area contributed by atoms with Crippen LogP contribution in [0.15, 0.2) is 146 Å². The minimum absolute atomic E-state index is 0. The number of imidazole rings is 1. The third-order valence-corrected chi connectivity index (χ3v) is 7.66. The van der Waals surface area contributed by atoms with Gasteiger partial charge in [-0.15, -0.1) is 47.3 Å². The van der Waals surface area contributed by atoms with Crippen molar-refractivity contribution in [1.82, 2.24) is 14.0 Å². The van der Waals surface area contributed by atoms with Crippen molar-refractivity contribution >= 4 is 38.1 Å². The third kappa shape index (κ3) is 4.69. The van der Waals surface area contributed by atoms with Gasteiger partial charge in [-0.25, -0.2) is 0 Å². The Labute approximate surface area is 262 Å². The molecule has 0 saturated carbocycles. The summed E-state index contributed by atoms with van der Waals surface area (Å²) in [5, 5.41) is 5.10. The van der Waals surface area contributed by atoms with E-state index < -0.39 is 0 Å². The fraction of sp³-hybridized carbons (Fsp3) is 0. The van der Waals surface area contributed by atoms with Gasteiger partial charge in [-0.3, -0.25) is 4.57 Å². The molecule has 0 atom stereocenters. The Morgan fingerprint density at radius 3 is 2.23 bits per heavy atom. The molecule has 9 aromatic rings. The number of fused-ring (bicyclic) bond motifs is 6. The molecule has 0 spiro atoms. The number of benzene rings is 5. The summed E-state index contributed by atoms with van der Waals surface area (Å²) in [4.78, 5) is 4.22. The van der Waals surface area contributed by atoms with Gasteiger partial charge in [0.2, 0.25) is 0 Å². The Bertz CT molecular complexity index is 2250. The van der Waals surface area contributed by atoms with Gasteiger partial charge in [0.25, 0.3) is 6.33 Å². The number of nitrogens with zero attached hydrogens (tertiary/aromatic N) is 4. The summed E-state index contributed by atoms with van der Waals surface area (Å²) in [5.41, 5.74) is 7.80. The Balaban J connectivity index is 0.000000195. The van der Waals surface area contributed by atoms with Crippen LogP contribution >= 0.6 is 0 Å². The second kappa shape index (κ2) is 11.3. The molecule has 0 radical (unpaired) electrons. The maximum Gasteiger partial charge on any atom is 3.00 e. The number of aromatic nitrogens is 4. The second-order valence-corrected chi connectivity index (χ2v) is 10.1. The van der Waals surface area contributed by atoms with Crippen LogP contribution in [0, 0.1) is 18.5 Å². The summed E-state index contributed by atoms with van der Waals surface area (Å²) in [6, 6.07) is 50.1. The monoisotopic (exact) mass is 729 g/mol. The van der Waals surface area contributed by atoms with E-state index in [1.54, 1.807) is 6.20 Å². The summed E-state index contributed by atoms with van der Waals surface area (Å²) in [7, 11) is 0. The molecule has 0 N–H and O–H groups in total. The van der Waals surface area contributed by atoms with E-state index in [2.05, 4.69) is 94.6 Å². The average Bonchev–Trinajstić information content (AvgIpc) is 3.79. The first kappa shape index (κ1) is 26.8. The molecule has 4 heterocycles. The fourth-order valence-electron chi connectivity index (χ4n) is 5.75. The molecule has 0 aliphatic rings. The van der Waals surface area contributed by atoms with E-state index in [1.807, 2.05) is 82.2 Å². The molecule has 43 heavy (non-hydrogen) atoms. The van der Waals surface area contributed by atoms with Crippen molar-refractivity contribution in [3.05, 3.63) is 164 Å². The zero-order chi connectivity index (χ0) is 27.9. The van der Waals surface area contributed by atoms with Crippen molar-refractivity contribution in [3.8, 4) is 22.6 Å². The zero-order valence-corrected chi connectivity index (χ0v) is 25.4. The molecule has 9 rings (SSSR count). The van der Waals surface area contributed by atoms with E-state index >= 15 is 0 Å². The molecule has 0 fully saturated rings. The SMILES string of the molecule is [Ir+3].[c-]1cc2c3cccc4c5ccccc5n(c2cc1-n1[c-][n+](-c2ccccc2)cc1)c43.[c-]1ccccc1-c1ccccn1. The number of hydrogen-bond acceptors (Lipinski definition) is 1. The van der Waals surface area contributed by atoms with Crippen LogP contribution in [-0.4, -0.2) is 14.0 Å². The Hall–Kier alpha value is -5.09. The molecule has 204 valence electrons. The van der Waals surface area contributed by atoms with Gasteiger partial charge in [0.05, 0.1) is 11.2 Å². The first-order valence-electron chi connectivity index (χ1n) is 13.9. The topological polar surface area (TPSA) is 26.1 Å². The molecule has 0 amide bonds. The van der Waals surface area contributed by atoms with Crippen LogP contribution in [0.5, 0.6) is 0 Å². The number of rotatable bonds is 3. The minimum Gasteiger partial charge on any atom is -0.333 e. The molecule has 5 aromatic carbocycles. The summed E-state index contributed by atoms with van der Waals surface area (Å²) in [6.45, 7) is 0. The van der Waals surface area contributed by atoms with Gasteiger partial charge < -0.3 is 14.0 Å². The Kier molecular flexibility index (Phi) is 7.04. The quantitative estimate of drug-likeness (QED) is 0.134. The molecule has 0 saturated heterocycles. The van der Waals surface area contributed by atoms with E-state index in [0.717, 1.165) is 22.6 Å². The fourth-order valence-corrected chi connectivity index (χ4v) is 5.75. The van der Waals surface area contributed by atoms with Crippen LogP contribution in [0.1, 0.15) is 0 Å². The number of pyridine rings is 1. The molecular formula is C38H24IrN4+. The van der Waals surface area contributed by atoms with Gasteiger partial charge in [0.1, 0.15) is 0 Å². The van der Waals surface area contributed by atoms with E-state index in [1.165, 1.54) is 38.1 Å². The van der Waals surface area contributed by atoms with Gasteiger partial charge in [-0.2, -0.15) is 12.1 Å². The molecule has 0 unspecified atom stereocenters. The second-order valence-electron chi connectivity index (χ2n) is 10.1. The summed E-state index contributed by atoms with van der Waals surface area (Å²) < 4.78 is 6.39. The minimum atomic E-state index is 0. The smallest absolute Gasteiger partial charge is 0.333 e. The van der Waals surface area contributed by atoms with Crippen molar-refractivity contribution in [3.63, 3.8) is 0 Å². The summed E-state index contributed by atoms with van der Waals surface area (Å²) in [6.07, 6.45) is 9.24. The first-order valence-corrected chi connectivity index (χ1v) is 13.9. The van der Waals surface area contributed by atoms with E-state index in [4.69, 9.17) is 0 Å². The van der Waals surface area contributed by atoms with Gasteiger partial charge in [-0.1, -0.05) is 72.2 Å². The predicted molar refractivity (Wildman–Crippen MR) is 168 cm³/mol. The average molecular weight is 729 g/mol. The van der Waals surface area contributed by atoms with Crippen LogP contribution in [0.3, 0.4) is 0 Å². The molecule has 0 aliphatic carbocycles. The largest absolute Gasteiger partial charge is 3.00 e. The molecule has 5 heteroatoms. The zero-order valence-electron chi connectivity index (χ0n) is 23.0. The maximum atomic E-state index is 4.22. The maximum absolute atomic E-state index is 4.22. The molecule has 4 aromatic heterocycles. The molecule has 0 bridgehead atoms. The molecular weight excluding hydrogens is 705 g/mol. The van der Waals surface area contributed by atoms with E-state index in [0.29, 0.717) is 0 Å². The van der Waals surface area contributed by atoms with Crippen molar-refractivity contribution in [1.29, 1.82) is 0 Å². The van der Waals surface area contributed by atoms with Crippen LogP contribution in [0.4, 0.5) is 0 Å². The summed E-state index contributed by atoms with van der Waals surface area (Å²) in [5.74, 6) is 0. The molecule has 0 aliphatic heterocycles. The normalized spacial score (nSPS) is 11.1. The van der Waals surface area contributed by atoms with Crippen molar-refractivity contribution < 1.29 is 24.7 Å². The van der Waals surface area contributed by atoms with Crippen LogP contribution < -0.4 is 4.57 Å². The van der Waals surface area contributed by atoms with Crippen molar-refractivity contribution in [2.24, 2.45) is 0 Å². The van der Waals surface area contributed by atoms with Crippen LogP contribution in [0.25, 0.3) is 60.7 Å².